The summed E-state index contributed by atoms with van der Waals surface area (Å²) in [4.78, 5) is 12.1. The number of ketones is 1. The highest BCUT2D eigenvalue weighted by Crippen LogP contribution is 2.35. The Morgan fingerprint density at radius 1 is 1.24 bits per heavy atom. The normalized spacial score (nSPS) is 24.5. The van der Waals surface area contributed by atoms with E-state index in [2.05, 4.69) is 34.1 Å². The molecule has 3 rings (SSSR count). The van der Waals surface area contributed by atoms with Gasteiger partial charge in [0.05, 0.1) is 0 Å². The second-order valence-corrected chi connectivity index (χ2v) is 5.15. The number of anilines is 1. The third-order valence-corrected chi connectivity index (χ3v) is 3.59. The Labute approximate surface area is 110 Å². The van der Waals surface area contributed by atoms with E-state index in [0.29, 0.717) is 6.42 Å². The summed E-state index contributed by atoms with van der Waals surface area (Å²) < 4.78 is 0.943. The Bertz CT molecular complexity index is 452. The lowest BCUT2D eigenvalue weighted by atomic mass is 9.88. The fourth-order valence-corrected chi connectivity index (χ4v) is 2.59. The van der Waals surface area contributed by atoms with Crippen molar-refractivity contribution in [3.8, 4) is 0 Å². The maximum atomic E-state index is 12.1. The van der Waals surface area contributed by atoms with Crippen molar-refractivity contribution in [1.82, 2.24) is 0 Å². The highest BCUT2D eigenvalue weighted by Gasteiger charge is 2.32. The lowest BCUT2D eigenvalue weighted by Crippen LogP contribution is -2.34. The van der Waals surface area contributed by atoms with Gasteiger partial charge in [-0.15, -0.1) is 0 Å². The highest BCUT2D eigenvalue weighted by atomic mass is 79.9. The third kappa shape index (κ3) is 2.13. The monoisotopic (exact) mass is 288 g/mol. The van der Waals surface area contributed by atoms with E-state index < -0.39 is 0 Å². The van der Waals surface area contributed by atoms with Crippen LogP contribution in [-0.2, 0) is 0 Å². The van der Waals surface area contributed by atoms with Crippen LogP contribution in [0.3, 0.4) is 0 Å². The van der Waals surface area contributed by atoms with Gasteiger partial charge in [0.2, 0.25) is 0 Å². The smallest absolute Gasteiger partial charge is 0.167 e. The van der Waals surface area contributed by atoms with Crippen LogP contribution in [0.1, 0.15) is 16.8 Å². The third-order valence-electron chi connectivity index (χ3n) is 3.09. The van der Waals surface area contributed by atoms with Crippen molar-refractivity contribution in [2.24, 2.45) is 0 Å². The number of halogens is 1. The molecule has 0 spiro atoms. The molecule has 2 aliphatic rings. The van der Waals surface area contributed by atoms with Gasteiger partial charge >= 0.3 is 0 Å². The molecule has 17 heavy (non-hydrogen) atoms. The summed E-state index contributed by atoms with van der Waals surface area (Å²) in [5.41, 5.74) is 1.71. The van der Waals surface area contributed by atoms with Crippen LogP contribution in [-0.4, -0.2) is 11.8 Å². The molecule has 1 fully saturated rings. The molecule has 2 nitrogen and oxygen atoms in total. The maximum Gasteiger partial charge on any atom is 0.167 e. The number of carbonyl (C=O) groups is 1. The molecule has 0 amide bonds. The molecule has 1 aromatic carbocycles. The molecule has 85 valence electrons. The summed E-state index contributed by atoms with van der Waals surface area (Å²) in [5.74, 6) is 1.37. The minimum absolute atomic E-state index is 0.103. The molecule has 1 heterocycles. The molecular weight excluding hydrogens is 278 g/mol. The molecular formula is C14H11BrNO. The van der Waals surface area contributed by atoms with Gasteiger partial charge in [-0.1, -0.05) is 15.9 Å². The van der Waals surface area contributed by atoms with E-state index in [1.165, 1.54) is 5.92 Å². The fourth-order valence-electron chi connectivity index (χ4n) is 2.23. The first kappa shape index (κ1) is 11.3. The first-order valence-electron chi connectivity index (χ1n) is 5.55. The average molecular weight is 289 g/mol. The average Bonchev–Trinajstić information content (AvgIpc) is 2.83. The molecule has 0 aromatic heterocycles. The molecule has 0 saturated heterocycles. The maximum absolute atomic E-state index is 12.1. The summed E-state index contributed by atoms with van der Waals surface area (Å²) in [6.07, 6.45) is 8.62. The van der Waals surface area contributed by atoms with Crippen molar-refractivity contribution in [1.29, 1.82) is 0 Å². The first-order chi connectivity index (χ1) is 8.24. The molecule has 1 saturated carbocycles. The van der Waals surface area contributed by atoms with Crippen molar-refractivity contribution in [2.45, 2.75) is 12.5 Å². The van der Waals surface area contributed by atoms with Crippen LogP contribution in [0.2, 0.25) is 0 Å². The number of Topliss-reactive ketones (excluding diaryl/α,β-unsaturated/α-hetero) is 1. The van der Waals surface area contributed by atoms with Crippen LogP contribution in [0.25, 0.3) is 0 Å². The summed E-state index contributed by atoms with van der Waals surface area (Å²) in [6.45, 7) is 0. The van der Waals surface area contributed by atoms with Gasteiger partial charge in [0.1, 0.15) is 0 Å². The second-order valence-electron chi connectivity index (χ2n) is 4.23. The fraction of sp³-hybridized carbons (Fsp3) is 0.143. The lowest BCUT2D eigenvalue weighted by Gasteiger charge is -2.30. The zero-order valence-electron chi connectivity index (χ0n) is 9.11. The van der Waals surface area contributed by atoms with E-state index in [-0.39, 0.29) is 11.8 Å². The number of carbonyl (C=O) groups excluding carboxylic acids is 1. The number of rotatable bonds is 1. The Hall–Kier alpha value is -0.830. The molecule has 0 bridgehead atoms. The van der Waals surface area contributed by atoms with Gasteiger partial charge in [0, 0.05) is 34.1 Å². The van der Waals surface area contributed by atoms with Crippen molar-refractivity contribution >= 4 is 27.4 Å². The Morgan fingerprint density at radius 3 is 2.76 bits per heavy atom. The van der Waals surface area contributed by atoms with E-state index in [1.54, 1.807) is 0 Å². The number of benzene rings is 1. The number of nitrogens with one attached hydrogen (secondary N) is 1. The molecule has 5 radical (unpaired) electrons. The van der Waals surface area contributed by atoms with Crippen LogP contribution in [0.4, 0.5) is 5.69 Å². The standard InChI is InChI=1S/C14H11BrNO/c15-10-5-6-12-11(7-10)14(17)8-13(16-12)9-3-1-2-4-9/h1-7,13,16H,8H2. The summed E-state index contributed by atoms with van der Waals surface area (Å²) >= 11 is 3.39. The minimum Gasteiger partial charge on any atom is -0.381 e. The van der Waals surface area contributed by atoms with Gasteiger partial charge in [-0.05, 0) is 43.9 Å². The summed E-state index contributed by atoms with van der Waals surface area (Å²) in [5, 5.41) is 3.42. The number of hydrogen-bond donors (Lipinski definition) is 1. The molecule has 1 N–H and O–H groups in total. The summed E-state index contributed by atoms with van der Waals surface area (Å²) in [6, 6.07) is 5.89. The SMILES string of the molecule is O=C1CC([C]2[CH][CH][CH][CH]2)Nc2ccc(Br)cc21. The van der Waals surface area contributed by atoms with Crippen LogP contribution < -0.4 is 5.32 Å². The van der Waals surface area contributed by atoms with Crippen LogP contribution in [0.15, 0.2) is 22.7 Å². The van der Waals surface area contributed by atoms with Gasteiger partial charge in [-0.25, -0.2) is 0 Å². The van der Waals surface area contributed by atoms with Crippen molar-refractivity contribution in [2.75, 3.05) is 5.32 Å². The topological polar surface area (TPSA) is 29.1 Å². The summed E-state index contributed by atoms with van der Waals surface area (Å²) in [7, 11) is 0. The van der Waals surface area contributed by atoms with Gasteiger partial charge in [0.15, 0.2) is 5.78 Å². The van der Waals surface area contributed by atoms with E-state index >= 15 is 0 Å². The molecule has 1 aliphatic heterocycles. The van der Waals surface area contributed by atoms with Crippen LogP contribution in [0.5, 0.6) is 0 Å². The number of fused-ring (bicyclic) bond motifs is 1. The molecule has 1 unspecified atom stereocenters. The molecule has 1 aromatic rings. The Balaban J connectivity index is 1.87. The van der Waals surface area contributed by atoms with Gasteiger partial charge < -0.3 is 5.32 Å². The van der Waals surface area contributed by atoms with Crippen LogP contribution in [0, 0.1) is 31.6 Å². The first-order valence-corrected chi connectivity index (χ1v) is 6.34. The predicted octanol–water partition coefficient (Wildman–Crippen LogP) is 3.22. The zero-order valence-corrected chi connectivity index (χ0v) is 10.7. The predicted molar refractivity (Wildman–Crippen MR) is 70.9 cm³/mol. The van der Waals surface area contributed by atoms with E-state index in [1.807, 2.05) is 31.0 Å². The zero-order chi connectivity index (χ0) is 11.8. The second kappa shape index (κ2) is 4.45. The molecule has 1 atom stereocenters. The lowest BCUT2D eigenvalue weighted by molar-refractivity contribution is 0.0974. The van der Waals surface area contributed by atoms with Gasteiger partial charge in [0.25, 0.3) is 0 Å². The van der Waals surface area contributed by atoms with E-state index in [9.17, 15) is 4.79 Å². The Morgan fingerprint density at radius 2 is 2.00 bits per heavy atom. The highest BCUT2D eigenvalue weighted by molar-refractivity contribution is 9.10. The number of hydrogen-bond acceptors (Lipinski definition) is 2. The largest absolute Gasteiger partial charge is 0.381 e. The van der Waals surface area contributed by atoms with Crippen molar-refractivity contribution in [3.63, 3.8) is 0 Å². The molecule has 1 aliphatic carbocycles. The van der Waals surface area contributed by atoms with E-state index in [0.717, 1.165) is 15.7 Å². The Kier molecular flexibility index (Phi) is 2.95. The molecule has 3 heteroatoms. The quantitative estimate of drug-likeness (QED) is 0.860. The van der Waals surface area contributed by atoms with Gasteiger partial charge in [-0.3, -0.25) is 4.79 Å². The van der Waals surface area contributed by atoms with Crippen LogP contribution >= 0.6 is 15.9 Å². The van der Waals surface area contributed by atoms with Crippen molar-refractivity contribution in [3.05, 3.63) is 59.8 Å². The van der Waals surface area contributed by atoms with Gasteiger partial charge in [-0.2, -0.15) is 0 Å². The van der Waals surface area contributed by atoms with E-state index in [4.69, 9.17) is 0 Å². The van der Waals surface area contributed by atoms with Crippen molar-refractivity contribution < 1.29 is 4.79 Å². The minimum atomic E-state index is 0.103.